The van der Waals surface area contributed by atoms with Gasteiger partial charge in [0.25, 0.3) is 0 Å². The summed E-state index contributed by atoms with van der Waals surface area (Å²) in [6.07, 6.45) is 1.04. The Morgan fingerprint density at radius 2 is 1.72 bits per heavy atom. The van der Waals surface area contributed by atoms with Crippen molar-refractivity contribution in [3.05, 3.63) is 60.2 Å². The van der Waals surface area contributed by atoms with Crippen LogP contribution in [0.25, 0.3) is 0 Å². The van der Waals surface area contributed by atoms with Crippen molar-refractivity contribution in [2.24, 2.45) is 0 Å². The minimum Gasteiger partial charge on any atom is -0.311 e. The summed E-state index contributed by atoms with van der Waals surface area (Å²) in [7, 11) is -3.69. The van der Waals surface area contributed by atoms with Gasteiger partial charge in [0, 0.05) is 12.2 Å². The van der Waals surface area contributed by atoms with E-state index in [9.17, 15) is 13.2 Å². The molecular formula is C18H19N3O3S. The first-order valence-corrected chi connectivity index (χ1v) is 9.55. The number of sulfonamides is 1. The van der Waals surface area contributed by atoms with E-state index in [0.29, 0.717) is 23.5 Å². The Bertz CT molecular complexity index is 889. The lowest BCUT2D eigenvalue weighted by Crippen LogP contribution is -2.42. The second-order valence-electron chi connectivity index (χ2n) is 5.41. The molecule has 0 bridgehead atoms. The summed E-state index contributed by atoms with van der Waals surface area (Å²) < 4.78 is 25.4. The van der Waals surface area contributed by atoms with Crippen LogP contribution < -0.4 is 9.21 Å². The summed E-state index contributed by atoms with van der Waals surface area (Å²) in [6.45, 7) is 1.90. The number of likely N-dealkylation sites (N-methyl/N-ethyl adjacent to an activating group) is 1. The van der Waals surface area contributed by atoms with Crippen LogP contribution in [0.2, 0.25) is 0 Å². The van der Waals surface area contributed by atoms with Gasteiger partial charge >= 0.3 is 0 Å². The second kappa shape index (κ2) is 7.81. The predicted molar refractivity (Wildman–Crippen MR) is 97.8 cm³/mol. The number of carbonyl (C=O) groups excluding carboxylic acids is 1. The van der Waals surface area contributed by atoms with Gasteiger partial charge in [-0.05, 0) is 37.3 Å². The lowest BCUT2D eigenvalue weighted by atomic mass is 10.2. The number of nitriles is 1. The lowest BCUT2D eigenvalue weighted by molar-refractivity contribution is -0.117. The van der Waals surface area contributed by atoms with Crippen molar-refractivity contribution in [1.82, 2.24) is 0 Å². The summed E-state index contributed by atoms with van der Waals surface area (Å²) >= 11 is 0. The van der Waals surface area contributed by atoms with Gasteiger partial charge in [0.1, 0.15) is 6.54 Å². The molecule has 0 aliphatic rings. The third kappa shape index (κ3) is 4.58. The molecule has 0 fully saturated rings. The fraction of sp³-hybridized carbons (Fsp3) is 0.222. The number of anilines is 2. The Morgan fingerprint density at radius 3 is 2.28 bits per heavy atom. The molecular weight excluding hydrogens is 338 g/mol. The van der Waals surface area contributed by atoms with E-state index in [1.807, 2.05) is 31.2 Å². The average Bonchev–Trinajstić information content (AvgIpc) is 2.60. The number of hydrogen-bond donors (Lipinski definition) is 0. The van der Waals surface area contributed by atoms with Crippen LogP contribution in [0, 0.1) is 11.3 Å². The number of amides is 1. The molecule has 0 unspecified atom stereocenters. The molecule has 130 valence electrons. The number of para-hydroxylation sites is 1. The van der Waals surface area contributed by atoms with E-state index in [1.54, 1.807) is 30.3 Å². The van der Waals surface area contributed by atoms with Crippen LogP contribution in [-0.2, 0) is 14.8 Å². The Labute approximate surface area is 148 Å². The van der Waals surface area contributed by atoms with E-state index < -0.39 is 10.0 Å². The molecule has 0 aliphatic heterocycles. The van der Waals surface area contributed by atoms with Crippen molar-refractivity contribution in [2.75, 3.05) is 28.6 Å². The minimum atomic E-state index is -3.69. The SMILES string of the molecule is CCN(C(=O)CN(c1cccc(C#N)c1)S(C)(=O)=O)c1ccccc1. The highest BCUT2D eigenvalue weighted by Crippen LogP contribution is 2.20. The van der Waals surface area contributed by atoms with E-state index in [0.717, 1.165) is 10.6 Å². The van der Waals surface area contributed by atoms with Crippen LogP contribution in [0.3, 0.4) is 0 Å². The minimum absolute atomic E-state index is 0.291. The van der Waals surface area contributed by atoms with Crippen LogP contribution >= 0.6 is 0 Å². The smallest absolute Gasteiger partial charge is 0.247 e. The molecule has 0 radical (unpaired) electrons. The Balaban J connectivity index is 2.34. The summed E-state index contributed by atoms with van der Waals surface area (Å²) in [5.41, 5.74) is 1.32. The van der Waals surface area contributed by atoms with Gasteiger partial charge in [0.15, 0.2) is 0 Å². The van der Waals surface area contributed by atoms with Gasteiger partial charge in [0.2, 0.25) is 15.9 Å². The predicted octanol–water partition coefficient (Wildman–Crippen LogP) is 2.38. The van der Waals surface area contributed by atoms with E-state index in [2.05, 4.69) is 0 Å². The lowest BCUT2D eigenvalue weighted by Gasteiger charge is -2.27. The van der Waals surface area contributed by atoms with Gasteiger partial charge in [-0.25, -0.2) is 8.42 Å². The van der Waals surface area contributed by atoms with Crippen molar-refractivity contribution in [3.8, 4) is 6.07 Å². The van der Waals surface area contributed by atoms with Crippen molar-refractivity contribution in [3.63, 3.8) is 0 Å². The highest BCUT2D eigenvalue weighted by Gasteiger charge is 2.24. The zero-order valence-electron chi connectivity index (χ0n) is 14.1. The number of nitrogens with zero attached hydrogens (tertiary/aromatic N) is 3. The van der Waals surface area contributed by atoms with Gasteiger partial charge in [-0.15, -0.1) is 0 Å². The third-order valence-electron chi connectivity index (χ3n) is 3.63. The normalized spacial score (nSPS) is 10.8. The molecule has 0 atom stereocenters. The van der Waals surface area contributed by atoms with Gasteiger partial charge in [-0.1, -0.05) is 24.3 Å². The number of rotatable bonds is 6. The van der Waals surface area contributed by atoms with Crippen molar-refractivity contribution < 1.29 is 13.2 Å². The van der Waals surface area contributed by atoms with Gasteiger partial charge in [-0.2, -0.15) is 5.26 Å². The summed E-state index contributed by atoms with van der Waals surface area (Å²) in [5, 5.41) is 9.01. The first-order valence-electron chi connectivity index (χ1n) is 7.70. The number of benzene rings is 2. The highest BCUT2D eigenvalue weighted by molar-refractivity contribution is 7.92. The van der Waals surface area contributed by atoms with E-state index in [4.69, 9.17) is 5.26 Å². The van der Waals surface area contributed by atoms with Crippen molar-refractivity contribution >= 4 is 27.3 Å². The fourth-order valence-electron chi connectivity index (χ4n) is 2.45. The summed E-state index contributed by atoms with van der Waals surface area (Å²) in [5.74, 6) is -0.346. The topological polar surface area (TPSA) is 81.5 Å². The maximum absolute atomic E-state index is 12.7. The zero-order chi connectivity index (χ0) is 18.4. The van der Waals surface area contributed by atoms with Gasteiger partial charge in [-0.3, -0.25) is 9.10 Å². The maximum Gasteiger partial charge on any atom is 0.247 e. The summed E-state index contributed by atoms with van der Waals surface area (Å²) in [4.78, 5) is 14.2. The first kappa shape index (κ1) is 18.5. The van der Waals surface area contributed by atoms with Crippen LogP contribution in [0.4, 0.5) is 11.4 Å². The second-order valence-corrected chi connectivity index (χ2v) is 7.31. The molecule has 0 saturated carbocycles. The molecule has 7 heteroatoms. The molecule has 2 rings (SSSR count). The largest absolute Gasteiger partial charge is 0.311 e. The molecule has 6 nitrogen and oxygen atoms in total. The molecule has 25 heavy (non-hydrogen) atoms. The quantitative estimate of drug-likeness (QED) is 0.795. The Morgan fingerprint density at radius 1 is 1.08 bits per heavy atom. The Kier molecular flexibility index (Phi) is 5.78. The molecule has 2 aromatic rings. The summed E-state index contributed by atoms with van der Waals surface area (Å²) in [6, 6.07) is 17.2. The third-order valence-corrected chi connectivity index (χ3v) is 4.77. The van der Waals surface area contributed by atoms with Gasteiger partial charge in [0.05, 0.1) is 23.6 Å². The average molecular weight is 357 g/mol. The number of hydrogen-bond acceptors (Lipinski definition) is 4. The molecule has 0 saturated heterocycles. The molecule has 1 amide bonds. The van der Waals surface area contributed by atoms with Gasteiger partial charge < -0.3 is 4.90 Å². The molecule has 0 heterocycles. The van der Waals surface area contributed by atoms with Crippen LogP contribution in [0.5, 0.6) is 0 Å². The number of carbonyl (C=O) groups is 1. The van der Waals surface area contributed by atoms with E-state index in [1.165, 1.54) is 11.0 Å². The highest BCUT2D eigenvalue weighted by atomic mass is 32.2. The molecule has 2 aromatic carbocycles. The van der Waals surface area contributed by atoms with Crippen molar-refractivity contribution in [1.29, 1.82) is 5.26 Å². The fourth-order valence-corrected chi connectivity index (χ4v) is 3.29. The molecule has 0 spiro atoms. The molecule has 0 N–H and O–H groups in total. The van der Waals surface area contributed by atoms with Crippen LogP contribution in [0.15, 0.2) is 54.6 Å². The maximum atomic E-state index is 12.7. The Hall–Kier alpha value is -2.85. The van der Waals surface area contributed by atoms with E-state index >= 15 is 0 Å². The standard InChI is InChI=1S/C18H19N3O3S/c1-3-20(16-9-5-4-6-10-16)18(22)14-21(25(2,23)24)17-11-7-8-15(12-17)13-19/h4-12H,3,14H2,1-2H3. The monoisotopic (exact) mass is 357 g/mol. The molecule has 0 aliphatic carbocycles. The van der Waals surface area contributed by atoms with Crippen LogP contribution in [0.1, 0.15) is 12.5 Å². The van der Waals surface area contributed by atoms with E-state index in [-0.39, 0.29) is 12.5 Å². The zero-order valence-corrected chi connectivity index (χ0v) is 14.9. The van der Waals surface area contributed by atoms with Crippen molar-refractivity contribution in [2.45, 2.75) is 6.92 Å². The first-order chi connectivity index (χ1) is 11.9. The van der Waals surface area contributed by atoms with Crippen LogP contribution in [-0.4, -0.2) is 33.7 Å². The molecule has 0 aromatic heterocycles.